The smallest absolute Gasteiger partial charge is 0.265 e. The third-order valence-corrected chi connectivity index (χ3v) is 4.96. The lowest BCUT2D eigenvalue weighted by atomic mass is 10.1. The first-order chi connectivity index (χ1) is 14.4. The third kappa shape index (κ3) is 3.93. The minimum Gasteiger partial charge on any atom is -0.364 e. The van der Waals surface area contributed by atoms with Gasteiger partial charge in [-0.1, -0.05) is 29.8 Å². The van der Waals surface area contributed by atoms with Crippen molar-refractivity contribution in [1.29, 1.82) is 0 Å². The van der Waals surface area contributed by atoms with E-state index in [2.05, 4.69) is 5.32 Å². The van der Waals surface area contributed by atoms with Crippen LogP contribution in [0, 0.1) is 12.7 Å². The van der Waals surface area contributed by atoms with Gasteiger partial charge in [0.05, 0.1) is 0 Å². The highest BCUT2D eigenvalue weighted by Crippen LogP contribution is 2.25. The van der Waals surface area contributed by atoms with Crippen LogP contribution in [-0.4, -0.2) is 16.4 Å². The zero-order valence-electron chi connectivity index (χ0n) is 16.4. The Kier molecular flexibility index (Phi) is 5.06. The number of nitrogens with two attached hydrogens (primary N) is 1. The molecular formula is C24H20FN3O2. The molecule has 4 aromatic rings. The summed E-state index contributed by atoms with van der Waals surface area (Å²) < 4.78 is 15.3. The number of anilines is 1. The number of hydrogen-bond acceptors (Lipinski definition) is 2. The van der Waals surface area contributed by atoms with Crippen molar-refractivity contribution in [2.75, 3.05) is 5.32 Å². The van der Waals surface area contributed by atoms with Gasteiger partial charge in [-0.05, 0) is 61.0 Å². The van der Waals surface area contributed by atoms with Gasteiger partial charge >= 0.3 is 0 Å². The summed E-state index contributed by atoms with van der Waals surface area (Å²) in [6.07, 6.45) is 0. The zero-order chi connectivity index (χ0) is 21.3. The van der Waals surface area contributed by atoms with E-state index in [1.165, 1.54) is 12.1 Å². The molecule has 3 N–H and O–H groups in total. The first kappa shape index (κ1) is 19.4. The van der Waals surface area contributed by atoms with Gasteiger partial charge in [-0.3, -0.25) is 9.59 Å². The van der Waals surface area contributed by atoms with Crippen LogP contribution in [0.4, 0.5) is 10.1 Å². The molecular weight excluding hydrogens is 381 g/mol. The summed E-state index contributed by atoms with van der Waals surface area (Å²) in [7, 11) is 0. The molecule has 0 fully saturated rings. The van der Waals surface area contributed by atoms with Crippen LogP contribution in [0.15, 0.2) is 72.8 Å². The van der Waals surface area contributed by atoms with Crippen LogP contribution in [-0.2, 0) is 6.54 Å². The second kappa shape index (κ2) is 7.83. The van der Waals surface area contributed by atoms with Gasteiger partial charge in [0, 0.05) is 28.7 Å². The van der Waals surface area contributed by atoms with E-state index < -0.39 is 5.91 Å². The van der Waals surface area contributed by atoms with E-state index in [1.54, 1.807) is 47.0 Å². The van der Waals surface area contributed by atoms with Gasteiger partial charge in [-0.2, -0.15) is 0 Å². The fourth-order valence-electron chi connectivity index (χ4n) is 3.45. The molecule has 0 unspecified atom stereocenters. The second-order valence-electron chi connectivity index (χ2n) is 7.20. The number of amides is 2. The second-order valence-corrected chi connectivity index (χ2v) is 7.20. The average Bonchev–Trinajstić information content (AvgIpc) is 3.06. The summed E-state index contributed by atoms with van der Waals surface area (Å²) in [5.74, 6) is -1.14. The van der Waals surface area contributed by atoms with Crippen LogP contribution >= 0.6 is 0 Å². The number of nitrogens with one attached hydrogen (secondary N) is 1. The standard InChI is InChI=1S/C24H20FN3O2/c1-15-5-7-17(8-6-15)24(30)27-20-9-10-21-18(12-20)13-22(23(26)29)28(21)14-16-3-2-4-19(25)11-16/h2-13H,14H2,1H3,(H2,26,29)(H,27,30). The van der Waals surface area contributed by atoms with E-state index in [9.17, 15) is 14.0 Å². The van der Waals surface area contributed by atoms with E-state index in [0.717, 1.165) is 16.5 Å². The number of fused-ring (bicyclic) bond motifs is 1. The van der Waals surface area contributed by atoms with Gasteiger partial charge < -0.3 is 15.6 Å². The minimum absolute atomic E-state index is 0.219. The van der Waals surface area contributed by atoms with E-state index in [-0.39, 0.29) is 11.7 Å². The molecule has 1 heterocycles. The van der Waals surface area contributed by atoms with Crippen LogP contribution in [0.3, 0.4) is 0 Å². The molecule has 150 valence electrons. The molecule has 0 saturated heterocycles. The molecule has 2 amide bonds. The van der Waals surface area contributed by atoms with Crippen molar-refractivity contribution in [3.63, 3.8) is 0 Å². The highest BCUT2D eigenvalue weighted by Gasteiger charge is 2.15. The lowest BCUT2D eigenvalue weighted by Crippen LogP contribution is -2.17. The van der Waals surface area contributed by atoms with Crippen LogP contribution in [0.2, 0.25) is 0 Å². The molecule has 4 rings (SSSR count). The van der Waals surface area contributed by atoms with Gasteiger partial charge in [0.15, 0.2) is 0 Å². The number of halogens is 1. The Morgan fingerprint density at radius 2 is 1.77 bits per heavy atom. The van der Waals surface area contributed by atoms with Crippen molar-refractivity contribution in [3.05, 3.63) is 101 Å². The monoisotopic (exact) mass is 401 g/mol. The van der Waals surface area contributed by atoms with Crippen LogP contribution in [0.1, 0.15) is 32.0 Å². The number of benzene rings is 3. The molecule has 0 aliphatic heterocycles. The van der Waals surface area contributed by atoms with Gasteiger partial charge in [-0.15, -0.1) is 0 Å². The van der Waals surface area contributed by atoms with Gasteiger partial charge in [0.1, 0.15) is 11.5 Å². The Hall–Kier alpha value is -3.93. The van der Waals surface area contributed by atoms with Crippen molar-refractivity contribution >= 4 is 28.4 Å². The molecule has 1 aromatic heterocycles. The maximum atomic E-state index is 13.6. The molecule has 0 bridgehead atoms. The molecule has 6 heteroatoms. The fourth-order valence-corrected chi connectivity index (χ4v) is 3.45. The van der Waals surface area contributed by atoms with Crippen LogP contribution in [0.5, 0.6) is 0 Å². The number of aryl methyl sites for hydroxylation is 1. The fraction of sp³-hybridized carbons (Fsp3) is 0.0833. The Bertz CT molecular complexity index is 1260. The summed E-state index contributed by atoms with van der Waals surface area (Å²) in [5.41, 5.74) is 9.60. The summed E-state index contributed by atoms with van der Waals surface area (Å²) in [6, 6.07) is 20.5. The molecule has 0 aliphatic rings. The SMILES string of the molecule is Cc1ccc(C(=O)Nc2ccc3c(c2)cc(C(N)=O)n3Cc2cccc(F)c2)cc1. The van der Waals surface area contributed by atoms with E-state index in [1.807, 2.05) is 25.1 Å². The lowest BCUT2D eigenvalue weighted by Gasteiger charge is -2.10. The van der Waals surface area contributed by atoms with E-state index >= 15 is 0 Å². The van der Waals surface area contributed by atoms with Crippen molar-refractivity contribution in [2.45, 2.75) is 13.5 Å². The third-order valence-electron chi connectivity index (χ3n) is 4.96. The summed E-state index contributed by atoms with van der Waals surface area (Å²) in [4.78, 5) is 24.5. The van der Waals surface area contributed by atoms with Gasteiger partial charge in [0.25, 0.3) is 11.8 Å². The van der Waals surface area contributed by atoms with Gasteiger partial charge in [0.2, 0.25) is 0 Å². The Morgan fingerprint density at radius 1 is 1.00 bits per heavy atom. The zero-order valence-corrected chi connectivity index (χ0v) is 16.4. The largest absolute Gasteiger partial charge is 0.364 e. The summed E-state index contributed by atoms with van der Waals surface area (Å²) in [5, 5.41) is 3.62. The van der Waals surface area contributed by atoms with Crippen molar-refractivity contribution in [2.24, 2.45) is 5.73 Å². The van der Waals surface area contributed by atoms with Gasteiger partial charge in [-0.25, -0.2) is 4.39 Å². The number of nitrogens with zero attached hydrogens (tertiary/aromatic N) is 1. The number of carbonyl (C=O) groups is 2. The molecule has 0 aliphatic carbocycles. The lowest BCUT2D eigenvalue weighted by molar-refractivity contribution is 0.0990. The predicted molar refractivity (Wildman–Crippen MR) is 115 cm³/mol. The van der Waals surface area contributed by atoms with Crippen molar-refractivity contribution in [3.8, 4) is 0 Å². The predicted octanol–water partition coefficient (Wildman–Crippen LogP) is 4.49. The number of hydrogen-bond donors (Lipinski definition) is 2. The minimum atomic E-state index is -0.576. The molecule has 3 aromatic carbocycles. The Morgan fingerprint density at radius 3 is 2.47 bits per heavy atom. The van der Waals surface area contributed by atoms with Crippen molar-refractivity contribution in [1.82, 2.24) is 4.57 Å². The van der Waals surface area contributed by atoms with Crippen LogP contribution < -0.4 is 11.1 Å². The molecule has 5 nitrogen and oxygen atoms in total. The number of primary amides is 1. The molecule has 30 heavy (non-hydrogen) atoms. The maximum Gasteiger partial charge on any atom is 0.265 e. The highest BCUT2D eigenvalue weighted by atomic mass is 19.1. The molecule has 0 spiro atoms. The first-order valence-electron chi connectivity index (χ1n) is 9.46. The number of aromatic nitrogens is 1. The first-order valence-corrected chi connectivity index (χ1v) is 9.46. The number of carbonyl (C=O) groups excluding carboxylic acids is 2. The quantitative estimate of drug-likeness (QED) is 0.517. The molecule has 0 saturated carbocycles. The number of rotatable bonds is 5. The highest BCUT2D eigenvalue weighted by molar-refractivity contribution is 6.05. The molecule has 0 atom stereocenters. The van der Waals surface area contributed by atoms with Crippen LogP contribution in [0.25, 0.3) is 10.9 Å². The molecule has 0 radical (unpaired) electrons. The Labute approximate surface area is 172 Å². The summed E-state index contributed by atoms with van der Waals surface area (Å²) >= 11 is 0. The summed E-state index contributed by atoms with van der Waals surface area (Å²) in [6.45, 7) is 2.26. The average molecular weight is 401 g/mol. The van der Waals surface area contributed by atoms with E-state index in [0.29, 0.717) is 29.1 Å². The Balaban J connectivity index is 1.67. The maximum absolute atomic E-state index is 13.6. The topological polar surface area (TPSA) is 77.1 Å². The van der Waals surface area contributed by atoms with Crippen molar-refractivity contribution < 1.29 is 14.0 Å². The van der Waals surface area contributed by atoms with E-state index in [4.69, 9.17) is 5.73 Å². The normalized spacial score (nSPS) is 10.9.